The van der Waals surface area contributed by atoms with Crippen molar-refractivity contribution in [2.75, 3.05) is 10.6 Å². The van der Waals surface area contributed by atoms with Gasteiger partial charge in [-0.05, 0) is 66.4 Å². The van der Waals surface area contributed by atoms with E-state index in [1.807, 2.05) is 6.07 Å². The lowest BCUT2D eigenvalue weighted by Crippen LogP contribution is -2.45. The van der Waals surface area contributed by atoms with Gasteiger partial charge in [-0.15, -0.1) is 5.48 Å². The van der Waals surface area contributed by atoms with E-state index in [0.29, 0.717) is 21.7 Å². The molecule has 0 aliphatic carbocycles. The van der Waals surface area contributed by atoms with E-state index in [9.17, 15) is 18.0 Å². The molecule has 0 saturated heterocycles. The van der Waals surface area contributed by atoms with E-state index < -0.39 is 29.1 Å². The largest absolute Gasteiger partial charge is 0.420 e. The minimum Gasteiger partial charge on any atom is -0.398 e. The van der Waals surface area contributed by atoms with Gasteiger partial charge in [0.2, 0.25) is 5.88 Å². The summed E-state index contributed by atoms with van der Waals surface area (Å²) >= 11 is 6.02. The average Bonchev–Trinajstić information content (AvgIpc) is 3.25. The molecule has 3 aromatic rings. The Balaban J connectivity index is 1.85. The van der Waals surface area contributed by atoms with Crippen LogP contribution in [-0.2, 0) is 10.4 Å². The molecule has 3 aromatic carbocycles. The Labute approximate surface area is 209 Å². The van der Waals surface area contributed by atoms with Crippen molar-refractivity contribution in [1.82, 2.24) is 5.48 Å². The summed E-state index contributed by atoms with van der Waals surface area (Å²) in [5.41, 5.74) is 7.58. The van der Waals surface area contributed by atoms with E-state index in [1.54, 1.807) is 26.0 Å². The van der Waals surface area contributed by atoms with Crippen LogP contribution in [0.15, 0.2) is 66.1 Å². The van der Waals surface area contributed by atoms with Gasteiger partial charge in [0.25, 0.3) is 5.91 Å². The first-order valence-electron chi connectivity index (χ1n) is 10.8. The fourth-order valence-corrected chi connectivity index (χ4v) is 5.02. The predicted molar refractivity (Wildman–Crippen MR) is 128 cm³/mol. The van der Waals surface area contributed by atoms with E-state index in [2.05, 4.69) is 5.48 Å². The summed E-state index contributed by atoms with van der Waals surface area (Å²) in [7, 11) is 0. The number of carbonyl (C=O) groups excluding carboxylic acids is 1. The van der Waals surface area contributed by atoms with Crippen LogP contribution in [0.25, 0.3) is 0 Å². The molecule has 0 radical (unpaired) electrons. The molecule has 182 valence electrons. The van der Waals surface area contributed by atoms with Crippen molar-refractivity contribution in [3.63, 3.8) is 0 Å². The molecule has 0 fully saturated rings. The van der Waals surface area contributed by atoms with E-state index in [-0.39, 0.29) is 28.1 Å². The summed E-state index contributed by atoms with van der Waals surface area (Å²) < 4.78 is 44.6. The number of rotatable bonds is 2. The quantitative estimate of drug-likeness (QED) is 0.436. The smallest absolute Gasteiger partial charge is 0.398 e. The molecule has 0 aromatic heterocycles. The van der Waals surface area contributed by atoms with Crippen molar-refractivity contribution in [2.24, 2.45) is 0 Å². The molecule has 36 heavy (non-hydrogen) atoms. The second-order valence-electron chi connectivity index (χ2n) is 8.65. The maximum Gasteiger partial charge on any atom is 0.420 e. The molecule has 6 nitrogen and oxygen atoms in total. The van der Waals surface area contributed by atoms with Crippen LogP contribution in [0.1, 0.15) is 38.2 Å². The van der Waals surface area contributed by atoms with E-state index in [4.69, 9.17) is 27.4 Å². The number of aryl methyl sites for hydroxylation is 2. The lowest BCUT2D eigenvalue weighted by molar-refractivity contribution is -0.100. The van der Waals surface area contributed by atoms with Gasteiger partial charge in [0.1, 0.15) is 17.2 Å². The number of carbonyl (C=O) groups is 1. The summed E-state index contributed by atoms with van der Waals surface area (Å²) in [5.74, 6) is -1.48. The second kappa shape index (κ2) is 8.01. The number of hydroxylamine groups is 1. The normalized spacial score (nSPS) is 18.5. The topological polar surface area (TPSA) is 91.4 Å². The highest BCUT2D eigenvalue weighted by atomic mass is 35.5. The second-order valence-corrected chi connectivity index (χ2v) is 9.09. The molecule has 0 saturated carbocycles. The van der Waals surface area contributed by atoms with Gasteiger partial charge in [0.05, 0.1) is 16.9 Å². The predicted octanol–water partition coefficient (Wildman–Crippen LogP) is 5.62. The minimum absolute atomic E-state index is 0.00318. The Kier molecular flexibility index (Phi) is 5.28. The van der Waals surface area contributed by atoms with Crippen molar-refractivity contribution in [1.29, 1.82) is 5.26 Å². The first-order valence-corrected chi connectivity index (χ1v) is 11.1. The molecule has 1 unspecified atom stereocenters. The van der Waals surface area contributed by atoms with Crippen LogP contribution in [0.4, 0.5) is 24.5 Å². The summed E-state index contributed by atoms with van der Waals surface area (Å²) in [5, 5.41) is 9.52. The van der Waals surface area contributed by atoms with Crippen LogP contribution in [0.5, 0.6) is 0 Å². The fourth-order valence-electron chi connectivity index (χ4n) is 4.90. The number of halogens is 4. The Bertz CT molecular complexity index is 1490. The van der Waals surface area contributed by atoms with Gasteiger partial charge < -0.3 is 10.6 Å². The van der Waals surface area contributed by atoms with Crippen LogP contribution in [-0.4, -0.2) is 12.1 Å². The molecule has 3 heterocycles. The molecular weight excluding hydrogens is 493 g/mol. The third-order valence-corrected chi connectivity index (χ3v) is 6.68. The summed E-state index contributed by atoms with van der Waals surface area (Å²) in [6.45, 7) is 3.43. The van der Waals surface area contributed by atoms with E-state index >= 15 is 0 Å². The number of nitrogen functional groups attached to an aromatic ring is 1. The molecule has 3 aliphatic heterocycles. The molecule has 3 aliphatic rings. The fraction of sp³-hybridized carbons (Fsp3) is 0.154. The van der Waals surface area contributed by atoms with Crippen molar-refractivity contribution in [3.8, 4) is 6.07 Å². The third kappa shape index (κ3) is 3.33. The number of hydrogen-bond acceptors (Lipinski definition) is 5. The molecule has 1 atom stereocenters. The standard InChI is InChI=1S/C26H18ClF3N4O2/c1-13-9-18-10-14(2)21(13)34(23(35)15-3-4-16(12-31)20(32)11-15)24-22(26(28,29)30)25(18,33-36-24)17-5-7-19(27)8-6-17/h3-11,33H,32H2,1-2H3. The highest BCUT2D eigenvalue weighted by Gasteiger charge is 2.60. The monoisotopic (exact) mass is 510 g/mol. The van der Waals surface area contributed by atoms with Gasteiger partial charge in [0, 0.05) is 10.6 Å². The van der Waals surface area contributed by atoms with Crippen LogP contribution < -0.4 is 16.1 Å². The number of amides is 1. The first kappa shape index (κ1) is 23.7. The third-order valence-electron chi connectivity index (χ3n) is 6.42. The molecule has 1 amide bonds. The number of alkyl halides is 3. The van der Waals surface area contributed by atoms with E-state index in [1.165, 1.54) is 42.5 Å². The summed E-state index contributed by atoms with van der Waals surface area (Å²) in [4.78, 5) is 20.3. The number of fused-ring (bicyclic) bond motifs is 2. The van der Waals surface area contributed by atoms with Crippen molar-refractivity contribution < 1.29 is 22.8 Å². The van der Waals surface area contributed by atoms with Crippen molar-refractivity contribution >= 4 is 28.9 Å². The Morgan fingerprint density at radius 1 is 1.08 bits per heavy atom. The molecular formula is C26H18ClF3N4O2. The number of benzene rings is 3. The molecule has 6 rings (SSSR count). The van der Waals surface area contributed by atoms with Crippen LogP contribution in [0, 0.1) is 25.2 Å². The minimum atomic E-state index is -4.89. The van der Waals surface area contributed by atoms with Crippen LogP contribution in [0.2, 0.25) is 5.02 Å². The zero-order chi connectivity index (χ0) is 26.0. The Hall–Kier alpha value is -4.00. The molecule has 4 bridgehead atoms. The molecule has 3 N–H and O–H groups in total. The highest BCUT2D eigenvalue weighted by molar-refractivity contribution is 6.30. The number of anilines is 2. The van der Waals surface area contributed by atoms with Crippen LogP contribution in [0.3, 0.4) is 0 Å². The lowest BCUT2D eigenvalue weighted by Gasteiger charge is -2.35. The molecule has 0 spiro atoms. The number of nitrogens with one attached hydrogen (secondary N) is 1. The van der Waals surface area contributed by atoms with Gasteiger partial charge in [-0.25, -0.2) is 4.90 Å². The van der Waals surface area contributed by atoms with Gasteiger partial charge in [-0.1, -0.05) is 35.9 Å². The van der Waals surface area contributed by atoms with Crippen molar-refractivity contribution in [2.45, 2.75) is 25.6 Å². The van der Waals surface area contributed by atoms with E-state index in [0.717, 1.165) is 4.90 Å². The number of nitrogens with zero attached hydrogens (tertiary/aromatic N) is 2. The highest BCUT2D eigenvalue weighted by Crippen LogP contribution is 2.54. The Morgan fingerprint density at radius 3 is 2.28 bits per heavy atom. The zero-order valence-corrected chi connectivity index (χ0v) is 19.8. The Morgan fingerprint density at radius 2 is 1.72 bits per heavy atom. The number of nitrogens with two attached hydrogens (primary N) is 1. The number of hydrogen-bond donors (Lipinski definition) is 2. The zero-order valence-electron chi connectivity index (χ0n) is 19.0. The summed E-state index contributed by atoms with van der Waals surface area (Å²) in [6.07, 6.45) is -4.89. The van der Waals surface area contributed by atoms with Gasteiger partial charge in [0.15, 0.2) is 0 Å². The first-order chi connectivity index (χ1) is 17.0. The number of nitriles is 1. The van der Waals surface area contributed by atoms with Crippen molar-refractivity contribution in [3.05, 3.63) is 104 Å². The lowest BCUT2D eigenvalue weighted by atomic mass is 9.75. The average molecular weight is 511 g/mol. The van der Waals surface area contributed by atoms with Gasteiger partial charge >= 0.3 is 6.18 Å². The van der Waals surface area contributed by atoms with Crippen LogP contribution >= 0.6 is 11.6 Å². The molecule has 10 heteroatoms. The van der Waals surface area contributed by atoms with Gasteiger partial charge in [-0.3, -0.25) is 4.79 Å². The van der Waals surface area contributed by atoms with Gasteiger partial charge in [-0.2, -0.15) is 18.4 Å². The summed E-state index contributed by atoms with van der Waals surface area (Å²) in [6, 6.07) is 15.0. The maximum absolute atomic E-state index is 14.9. The SMILES string of the molecule is Cc1cc2cc(C)c1N(C(=O)c1ccc(C#N)c(N)c1)C1=C(C(F)(F)F)C2(c2ccc(Cl)cc2)NO1. The maximum atomic E-state index is 14.9.